The van der Waals surface area contributed by atoms with E-state index in [2.05, 4.69) is 16.0 Å². The molecule has 14 heteroatoms. The summed E-state index contributed by atoms with van der Waals surface area (Å²) in [6.45, 7) is 9.91. The number of carbonyl (C=O) groups is 4. The number of aliphatic hydroxyl groups is 1. The number of hydrogen-bond donors (Lipinski definition) is 4. The van der Waals surface area contributed by atoms with E-state index in [1.54, 1.807) is 20.8 Å². The zero-order valence-corrected chi connectivity index (χ0v) is 26.3. The second-order valence-electron chi connectivity index (χ2n) is 12.9. The molecule has 2 aliphatic heterocycles. The largest absolute Gasteiger partial charge is 1.00 e. The van der Waals surface area contributed by atoms with E-state index in [9.17, 15) is 37.3 Å². The van der Waals surface area contributed by atoms with Crippen molar-refractivity contribution in [3.05, 3.63) is 0 Å². The summed E-state index contributed by atoms with van der Waals surface area (Å²) in [5, 5.41) is 18.3. The Morgan fingerprint density at radius 2 is 1.79 bits per heavy atom. The minimum Gasteiger partial charge on any atom is -0.746 e. The van der Waals surface area contributed by atoms with Gasteiger partial charge in [0.05, 0.1) is 6.04 Å². The summed E-state index contributed by atoms with van der Waals surface area (Å²) in [7, 11) is -5.20. The molecule has 2 saturated carbocycles. The summed E-state index contributed by atoms with van der Waals surface area (Å²) >= 11 is 0. The standard InChI is InChI=1S/C25H40N4O8S.Na/c1-24(2,3)23(34)28-17(12-6-7-12)21(32)29-11-14-16(25(14,4)5)18(29)20(31)27-15(22(33)38(35,36)37)10-13-8-9-26-19(13)30;/h12-18,22,33H,6-11H2,1-5H3,(H,26,30)(H,27,31)(H,28,34)(H,35,36,37);/q;+1/p-1/t13-,14-,15-,16-,17-,18-,22?;/m0./s1. The van der Waals surface area contributed by atoms with Gasteiger partial charge in [0.25, 0.3) is 0 Å². The fourth-order valence-corrected chi connectivity index (χ4v) is 6.63. The Balaban J connectivity index is 0.00000420. The second kappa shape index (κ2) is 11.2. The van der Waals surface area contributed by atoms with E-state index in [-0.39, 0.29) is 76.9 Å². The third kappa shape index (κ3) is 6.64. The Morgan fingerprint density at radius 1 is 1.18 bits per heavy atom. The summed E-state index contributed by atoms with van der Waals surface area (Å²) in [4.78, 5) is 53.7. The van der Waals surface area contributed by atoms with E-state index in [0.29, 0.717) is 19.5 Å². The first-order chi connectivity index (χ1) is 17.4. The number of nitrogens with zero attached hydrogens (tertiary/aromatic N) is 1. The van der Waals surface area contributed by atoms with E-state index < -0.39 is 50.9 Å². The van der Waals surface area contributed by atoms with E-state index in [1.807, 2.05) is 13.8 Å². The van der Waals surface area contributed by atoms with Gasteiger partial charge in [0, 0.05) is 24.4 Å². The molecule has 0 aromatic carbocycles. The molecule has 0 spiro atoms. The van der Waals surface area contributed by atoms with Gasteiger partial charge in [0.15, 0.2) is 5.44 Å². The number of carbonyl (C=O) groups excluding carboxylic acids is 4. The Morgan fingerprint density at radius 3 is 2.28 bits per heavy atom. The third-order valence-corrected chi connectivity index (χ3v) is 9.68. The van der Waals surface area contributed by atoms with Crippen LogP contribution in [0.3, 0.4) is 0 Å². The Bertz CT molecular complexity index is 1120. The van der Waals surface area contributed by atoms with Crippen LogP contribution in [0.15, 0.2) is 0 Å². The number of aliphatic hydroxyl groups excluding tert-OH is 1. The fraction of sp³-hybridized carbons (Fsp3) is 0.840. The van der Waals surface area contributed by atoms with Crippen molar-refractivity contribution in [1.29, 1.82) is 0 Å². The van der Waals surface area contributed by atoms with Crippen molar-refractivity contribution in [3.63, 3.8) is 0 Å². The van der Waals surface area contributed by atoms with Crippen LogP contribution in [0.5, 0.6) is 0 Å². The van der Waals surface area contributed by atoms with Gasteiger partial charge in [-0.05, 0) is 48.9 Å². The summed E-state index contributed by atoms with van der Waals surface area (Å²) in [6, 6.07) is -3.25. The summed E-state index contributed by atoms with van der Waals surface area (Å²) in [5.74, 6) is -2.53. The molecule has 1 unspecified atom stereocenters. The maximum absolute atomic E-state index is 13.8. The van der Waals surface area contributed by atoms with Gasteiger partial charge in [-0.3, -0.25) is 19.2 Å². The predicted molar refractivity (Wildman–Crippen MR) is 134 cm³/mol. The number of nitrogens with one attached hydrogen (secondary N) is 3. The van der Waals surface area contributed by atoms with E-state index in [1.165, 1.54) is 4.90 Å². The first-order valence-electron chi connectivity index (χ1n) is 13.3. The molecule has 39 heavy (non-hydrogen) atoms. The van der Waals surface area contributed by atoms with Gasteiger partial charge < -0.3 is 30.5 Å². The Labute approximate surface area is 251 Å². The molecule has 0 bridgehead atoms. The first kappa shape index (κ1) is 32.3. The number of rotatable bonds is 9. The molecule has 4 fully saturated rings. The summed E-state index contributed by atoms with van der Waals surface area (Å²) in [6.07, 6.45) is 1.70. The molecule has 4 amide bonds. The summed E-state index contributed by atoms with van der Waals surface area (Å²) < 4.78 is 35.0. The van der Waals surface area contributed by atoms with Crippen molar-refractivity contribution >= 4 is 33.7 Å². The van der Waals surface area contributed by atoms with Crippen molar-refractivity contribution in [3.8, 4) is 0 Å². The van der Waals surface area contributed by atoms with Crippen LogP contribution in [0.2, 0.25) is 0 Å². The number of piperidine rings is 1. The van der Waals surface area contributed by atoms with Crippen molar-refractivity contribution in [2.75, 3.05) is 13.1 Å². The topological polar surface area (TPSA) is 185 Å². The average molecular weight is 579 g/mol. The molecule has 2 heterocycles. The van der Waals surface area contributed by atoms with Gasteiger partial charge in [0.2, 0.25) is 23.6 Å². The average Bonchev–Trinajstić information content (AvgIpc) is 3.60. The van der Waals surface area contributed by atoms with Crippen molar-refractivity contribution in [2.24, 2.45) is 34.5 Å². The SMILES string of the molecule is CC(C)(C)C(=O)N[C@H](C(=O)N1C[C@H]2[C@@H]([C@H]1C(=O)N[C@@H](C[C@@H]1CCNC1=O)C(O)S(=O)(=O)[O-])C2(C)C)C1CC1.[Na+]. The minimum atomic E-state index is -5.20. The van der Waals surface area contributed by atoms with Gasteiger partial charge in [-0.25, -0.2) is 8.42 Å². The fourth-order valence-electron chi connectivity index (χ4n) is 6.05. The van der Waals surface area contributed by atoms with Gasteiger partial charge in [-0.2, -0.15) is 0 Å². The Kier molecular flexibility index (Phi) is 9.27. The molecule has 0 radical (unpaired) electrons. The number of likely N-dealkylation sites (tertiary alicyclic amines) is 1. The zero-order chi connectivity index (χ0) is 28.4. The molecule has 2 saturated heterocycles. The quantitative estimate of drug-likeness (QED) is 0.159. The number of amides is 4. The monoisotopic (exact) mass is 578 g/mol. The molecule has 214 valence electrons. The molecule has 12 nitrogen and oxygen atoms in total. The maximum Gasteiger partial charge on any atom is 1.00 e. The van der Waals surface area contributed by atoms with Crippen LogP contribution < -0.4 is 45.5 Å². The van der Waals surface area contributed by atoms with E-state index >= 15 is 0 Å². The van der Waals surface area contributed by atoms with Crippen LogP contribution in [-0.2, 0) is 29.3 Å². The van der Waals surface area contributed by atoms with Crippen molar-refractivity contribution < 1.29 is 66.8 Å². The van der Waals surface area contributed by atoms with Gasteiger partial charge in [0.1, 0.15) is 22.2 Å². The second-order valence-corrected chi connectivity index (χ2v) is 14.4. The van der Waals surface area contributed by atoms with Gasteiger partial charge in [-0.1, -0.05) is 34.6 Å². The maximum atomic E-state index is 13.8. The van der Waals surface area contributed by atoms with Crippen LogP contribution in [0.1, 0.15) is 60.3 Å². The van der Waals surface area contributed by atoms with Crippen LogP contribution >= 0.6 is 0 Å². The molecule has 0 aromatic heterocycles. The summed E-state index contributed by atoms with van der Waals surface area (Å²) in [5.41, 5.74) is -3.40. The molecule has 4 rings (SSSR count). The molecular weight excluding hydrogens is 539 g/mol. The molecule has 4 N–H and O–H groups in total. The van der Waals surface area contributed by atoms with E-state index in [4.69, 9.17) is 0 Å². The van der Waals surface area contributed by atoms with Gasteiger partial charge >= 0.3 is 29.6 Å². The molecule has 0 aromatic rings. The van der Waals surface area contributed by atoms with Gasteiger partial charge in [-0.15, -0.1) is 0 Å². The normalized spacial score (nSPS) is 29.8. The van der Waals surface area contributed by atoms with Crippen molar-refractivity contribution in [1.82, 2.24) is 20.9 Å². The smallest absolute Gasteiger partial charge is 0.746 e. The number of fused-ring (bicyclic) bond motifs is 1. The Hall–Kier alpha value is -1.25. The first-order valence-corrected chi connectivity index (χ1v) is 14.7. The van der Waals surface area contributed by atoms with Crippen LogP contribution in [0.25, 0.3) is 0 Å². The zero-order valence-electron chi connectivity index (χ0n) is 23.5. The predicted octanol–water partition coefficient (Wildman–Crippen LogP) is -3.71. The van der Waals surface area contributed by atoms with Crippen molar-refractivity contribution in [2.45, 2.75) is 83.9 Å². The van der Waals surface area contributed by atoms with Crippen LogP contribution in [0, 0.1) is 34.5 Å². The third-order valence-electron chi connectivity index (χ3n) is 8.76. The molecular formula is C25H39N4NaO8S. The number of hydrogen-bond acceptors (Lipinski definition) is 8. The molecule has 2 aliphatic carbocycles. The van der Waals surface area contributed by atoms with Crippen LogP contribution in [-0.4, -0.2) is 83.3 Å². The van der Waals surface area contributed by atoms with E-state index in [0.717, 1.165) is 12.8 Å². The molecule has 7 atom stereocenters. The minimum absolute atomic E-state index is 0. The molecule has 4 aliphatic rings. The van der Waals surface area contributed by atoms with Crippen LogP contribution in [0.4, 0.5) is 0 Å².